The highest BCUT2D eigenvalue weighted by Crippen LogP contribution is 2.42. The minimum absolute atomic E-state index is 0.237. The molecule has 0 aromatic heterocycles. The normalized spacial score (nSPS) is 21.6. The summed E-state index contributed by atoms with van der Waals surface area (Å²) in [6, 6.07) is 4.32. The fourth-order valence-corrected chi connectivity index (χ4v) is 3.04. The summed E-state index contributed by atoms with van der Waals surface area (Å²) in [6.45, 7) is 0.825. The summed E-state index contributed by atoms with van der Waals surface area (Å²) >= 11 is 0. The van der Waals surface area contributed by atoms with Crippen molar-refractivity contribution in [1.82, 2.24) is 4.90 Å². The average molecular weight is 247 g/mol. The van der Waals surface area contributed by atoms with Crippen LogP contribution in [0.4, 0.5) is 0 Å². The van der Waals surface area contributed by atoms with E-state index in [0.717, 1.165) is 30.9 Å². The lowest BCUT2D eigenvalue weighted by atomic mass is 9.92. The molecule has 2 aliphatic heterocycles. The van der Waals surface area contributed by atoms with E-state index >= 15 is 0 Å². The second kappa shape index (κ2) is 4.19. The topological polar surface area (TPSA) is 38.8 Å². The third-order valence-corrected chi connectivity index (χ3v) is 3.95. The molecule has 1 aromatic carbocycles. The van der Waals surface area contributed by atoms with Crippen LogP contribution in [-0.4, -0.2) is 31.6 Å². The van der Waals surface area contributed by atoms with Crippen molar-refractivity contribution in [3.63, 3.8) is 0 Å². The van der Waals surface area contributed by atoms with Crippen LogP contribution < -0.4 is 9.47 Å². The van der Waals surface area contributed by atoms with Crippen molar-refractivity contribution in [2.75, 3.05) is 20.8 Å². The van der Waals surface area contributed by atoms with E-state index in [-0.39, 0.29) is 11.9 Å². The van der Waals surface area contributed by atoms with Crippen LogP contribution in [0, 0.1) is 0 Å². The lowest BCUT2D eigenvalue weighted by Crippen LogP contribution is -2.34. The Kier molecular flexibility index (Phi) is 2.65. The lowest BCUT2D eigenvalue weighted by Gasteiger charge is -2.32. The molecule has 1 amide bonds. The molecule has 1 aromatic rings. The minimum atomic E-state index is 0.237. The van der Waals surface area contributed by atoms with E-state index in [2.05, 4.69) is 0 Å². The van der Waals surface area contributed by atoms with Gasteiger partial charge in [0.2, 0.25) is 5.91 Å². The number of fused-ring (bicyclic) bond motifs is 3. The standard InChI is InChI=1S/C14H17NO3/c1-17-12-7-9-5-6-15-11(3-4-14(15)16)10(9)8-13(12)18-2/h7-8,11H,3-6H2,1-2H3/t11-/m0/s1. The van der Waals surface area contributed by atoms with E-state index in [1.807, 2.05) is 17.0 Å². The number of ether oxygens (including phenoxy) is 2. The van der Waals surface area contributed by atoms with E-state index in [0.29, 0.717) is 6.42 Å². The van der Waals surface area contributed by atoms with Gasteiger partial charge in [-0.25, -0.2) is 0 Å². The van der Waals surface area contributed by atoms with E-state index in [1.165, 1.54) is 11.1 Å². The first kappa shape index (κ1) is 11.4. The van der Waals surface area contributed by atoms with Gasteiger partial charge < -0.3 is 14.4 Å². The predicted molar refractivity (Wildman–Crippen MR) is 66.9 cm³/mol. The molecule has 1 atom stereocenters. The summed E-state index contributed by atoms with van der Waals surface area (Å²) in [6.07, 6.45) is 2.48. The number of rotatable bonds is 2. The Morgan fingerprint density at radius 3 is 2.61 bits per heavy atom. The Morgan fingerprint density at radius 1 is 1.17 bits per heavy atom. The molecule has 18 heavy (non-hydrogen) atoms. The van der Waals surface area contributed by atoms with Crippen LogP contribution in [0.2, 0.25) is 0 Å². The molecular formula is C14H17NO3. The molecule has 0 unspecified atom stereocenters. The Hall–Kier alpha value is -1.71. The van der Waals surface area contributed by atoms with E-state index < -0.39 is 0 Å². The lowest BCUT2D eigenvalue weighted by molar-refractivity contribution is -0.129. The molecule has 1 saturated heterocycles. The van der Waals surface area contributed by atoms with Crippen molar-refractivity contribution in [3.05, 3.63) is 23.3 Å². The van der Waals surface area contributed by atoms with E-state index in [1.54, 1.807) is 14.2 Å². The number of amides is 1. The Labute approximate surface area is 106 Å². The van der Waals surface area contributed by atoms with E-state index in [4.69, 9.17) is 9.47 Å². The fraction of sp³-hybridized carbons (Fsp3) is 0.500. The summed E-state index contributed by atoms with van der Waals surface area (Å²) in [5, 5.41) is 0. The van der Waals surface area contributed by atoms with Gasteiger partial charge in [0.1, 0.15) is 0 Å². The van der Waals surface area contributed by atoms with Gasteiger partial charge in [-0.1, -0.05) is 0 Å². The predicted octanol–water partition coefficient (Wildman–Crippen LogP) is 1.92. The molecule has 0 bridgehead atoms. The van der Waals surface area contributed by atoms with Crippen LogP contribution in [0.15, 0.2) is 12.1 Å². The number of hydrogen-bond acceptors (Lipinski definition) is 3. The molecule has 4 heteroatoms. The van der Waals surface area contributed by atoms with Crippen LogP contribution in [0.1, 0.15) is 30.0 Å². The van der Waals surface area contributed by atoms with Crippen molar-refractivity contribution in [3.8, 4) is 11.5 Å². The maximum absolute atomic E-state index is 11.8. The minimum Gasteiger partial charge on any atom is -0.493 e. The Bertz CT molecular complexity index is 498. The van der Waals surface area contributed by atoms with Gasteiger partial charge in [0.05, 0.1) is 20.3 Å². The average Bonchev–Trinajstić information content (AvgIpc) is 2.79. The maximum atomic E-state index is 11.8. The Balaban J connectivity index is 2.06. The molecule has 0 saturated carbocycles. The zero-order valence-corrected chi connectivity index (χ0v) is 10.7. The fourth-order valence-electron chi connectivity index (χ4n) is 3.04. The molecular weight excluding hydrogens is 230 g/mol. The van der Waals surface area contributed by atoms with Gasteiger partial charge in [-0.3, -0.25) is 4.79 Å². The molecule has 0 aliphatic carbocycles. The van der Waals surface area contributed by atoms with Crippen LogP contribution >= 0.6 is 0 Å². The monoisotopic (exact) mass is 247 g/mol. The molecule has 0 radical (unpaired) electrons. The van der Waals surface area contributed by atoms with Gasteiger partial charge in [-0.15, -0.1) is 0 Å². The second-order valence-corrected chi connectivity index (χ2v) is 4.80. The summed E-state index contributed by atoms with van der Waals surface area (Å²) in [4.78, 5) is 13.8. The van der Waals surface area contributed by atoms with Crippen LogP contribution in [0.25, 0.3) is 0 Å². The quantitative estimate of drug-likeness (QED) is 0.801. The molecule has 96 valence electrons. The highest BCUT2D eigenvalue weighted by Gasteiger charge is 2.36. The van der Waals surface area contributed by atoms with Gasteiger partial charge in [0.15, 0.2) is 11.5 Å². The summed E-state index contributed by atoms with van der Waals surface area (Å²) in [5.41, 5.74) is 2.51. The maximum Gasteiger partial charge on any atom is 0.223 e. The third-order valence-electron chi connectivity index (χ3n) is 3.95. The summed E-state index contributed by atoms with van der Waals surface area (Å²) in [7, 11) is 3.29. The van der Waals surface area contributed by atoms with Crippen molar-refractivity contribution in [1.29, 1.82) is 0 Å². The SMILES string of the molecule is COc1cc2c(cc1OC)[C@@H]1CCC(=O)N1CC2. The van der Waals surface area contributed by atoms with Gasteiger partial charge in [0.25, 0.3) is 0 Å². The largest absolute Gasteiger partial charge is 0.493 e. The smallest absolute Gasteiger partial charge is 0.223 e. The van der Waals surface area contributed by atoms with Crippen molar-refractivity contribution in [2.24, 2.45) is 0 Å². The summed E-state index contributed by atoms with van der Waals surface area (Å²) < 4.78 is 10.7. The van der Waals surface area contributed by atoms with Crippen molar-refractivity contribution in [2.45, 2.75) is 25.3 Å². The number of methoxy groups -OCH3 is 2. The highest BCUT2D eigenvalue weighted by molar-refractivity contribution is 5.79. The molecule has 3 rings (SSSR count). The molecule has 2 heterocycles. The molecule has 0 N–H and O–H groups in total. The molecule has 1 fully saturated rings. The molecule has 2 aliphatic rings. The zero-order valence-electron chi connectivity index (χ0n) is 10.7. The van der Waals surface area contributed by atoms with Gasteiger partial charge in [-0.2, -0.15) is 0 Å². The van der Waals surface area contributed by atoms with Crippen molar-refractivity contribution >= 4 is 5.91 Å². The Morgan fingerprint density at radius 2 is 1.89 bits per heavy atom. The van der Waals surface area contributed by atoms with Crippen molar-refractivity contribution < 1.29 is 14.3 Å². The highest BCUT2D eigenvalue weighted by atomic mass is 16.5. The van der Waals surface area contributed by atoms with E-state index in [9.17, 15) is 4.79 Å². The van der Waals surface area contributed by atoms with Crippen LogP contribution in [0.5, 0.6) is 11.5 Å². The van der Waals surface area contributed by atoms with Crippen LogP contribution in [-0.2, 0) is 11.2 Å². The zero-order chi connectivity index (χ0) is 12.7. The number of carbonyl (C=O) groups is 1. The summed E-state index contributed by atoms with van der Waals surface area (Å²) in [5.74, 6) is 1.80. The molecule has 4 nitrogen and oxygen atoms in total. The first-order valence-electron chi connectivity index (χ1n) is 6.29. The second-order valence-electron chi connectivity index (χ2n) is 4.80. The molecule has 0 spiro atoms. The number of hydrogen-bond donors (Lipinski definition) is 0. The number of carbonyl (C=O) groups excluding carboxylic acids is 1. The number of benzene rings is 1. The first-order chi connectivity index (χ1) is 8.74. The van der Waals surface area contributed by atoms with Gasteiger partial charge in [0, 0.05) is 13.0 Å². The number of nitrogens with zero attached hydrogens (tertiary/aromatic N) is 1. The first-order valence-corrected chi connectivity index (χ1v) is 6.29. The van der Waals surface area contributed by atoms with Crippen LogP contribution in [0.3, 0.4) is 0 Å². The third kappa shape index (κ3) is 1.55. The van der Waals surface area contributed by atoms with Gasteiger partial charge >= 0.3 is 0 Å². The van der Waals surface area contributed by atoms with Gasteiger partial charge in [-0.05, 0) is 36.1 Å².